The SMILES string of the molecule is COc1c(C)ccc(NC(=O)c2cccc(Br)c2Cl)c1C. The number of rotatable bonds is 3. The van der Waals surface area contributed by atoms with Crippen LogP contribution in [0.25, 0.3) is 0 Å². The molecule has 0 heterocycles. The number of hydrogen-bond acceptors (Lipinski definition) is 2. The highest BCUT2D eigenvalue weighted by Gasteiger charge is 2.15. The molecule has 0 aromatic heterocycles. The average molecular weight is 369 g/mol. The zero-order valence-corrected chi connectivity index (χ0v) is 14.3. The van der Waals surface area contributed by atoms with Crippen LogP contribution in [-0.2, 0) is 0 Å². The number of ether oxygens (including phenoxy) is 1. The Morgan fingerprint density at radius 2 is 1.95 bits per heavy atom. The lowest BCUT2D eigenvalue weighted by Crippen LogP contribution is -2.14. The van der Waals surface area contributed by atoms with Crippen molar-refractivity contribution in [2.24, 2.45) is 0 Å². The van der Waals surface area contributed by atoms with Crippen molar-refractivity contribution in [3.05, 3.63) is 56.5 Å². The normalized spacial score (nSPS) is 10.3. The van der Waals surface area contributed by atoms with Crippen LogP contribution in [0.3, 0.4) is 0 Å². The molecule has 1 N–H and O–H groups in total. The molecule has 0 saturated heterocycles. The molecule has 2 aromatic rings. The van der Waals surface area contributed by atoms with Crippen molar-refractivity contribution in [2.75, 3.05) is 12.4 Å². The Labute approximate surface area is 137 Å². The largest absolute Gasteiger partial charge is 0.496 e. The van der Waals surface area contributed by atoms with Crippen LogP contribution >= 0.6 is 27.5 Å². The standard InChI is InChI=1S/C16H15BrClNO2/c1-9-7-8-13(10(2)15(9)21-3)19-16(20)11-5-4-6-12(17)14(11)18/h4-8H,1-3H3,(H,19,20). The average Bonchev–Trinajstić information content (AvgIpc) is 2.45. The summed E-state index contributed by atoms with van der Waals surface area (Å²) in [6, 6.07) is 9.01. The van der Waals surface area contributed by atoms with E-state index in [4.69, 9.17) is 16.3 Å². The van der Waals surface area contributed by atoms with Crippen LogP contribution in [0, 0.1) is 13.8 Å². The van der Waals surface area contributed by atoms with Crippen LogP contribution in [0.15, 0.2) is 34.8 Å². The third-order valence-corrected chi connectivity index (χ3v) is 4.55. The van der Waals surface area contributed by atoms with Gasteiger partial charge in [-0.2, -0.15) is 0 Å². The maximum atomic E-state index is 12.4. The Morgan fingerprint density at radius 1 is 1.24 bits per heavy atom. The summed E-state index contributed by atoms with van der Waals surface area (Å²) in [6.07, 6.45) is 0. The monoisotopic (exact) mass is 367 g/mol. The third-order valence-electron chi connectivity index (χ3n) is 3.25. The molecule has 0 aliphatic heterocycles. The van der Waals surface area contributed by atoms with Crippen LogP contribution in [0.5, 0.6) is 5.75 Å². The van der Waals surface area contributed by atoms with E-state index >= 15 is 0 Å². The fourth-order valence-electron chi connectivity index (χ4n) is 2.15. The molecule has 5 heteroatoms. The summed E-state index contributed by atoms with van der Waals surface area (Å²) in [4.78, 5) is 12.4. The first-order valence-electron chi connectivity index (χ1n) is 6.35. The number of carbonyl (C=O) groups is 1. The number of aryl methyl sites for hydroxylation is 1. The van der Waals surface area contributed by atoms with Crippen LogP contribution in [0.4, 0.5) is 5.69 Å². The van der Waals surface area contributed by atoms with Gasteiger partial charge >= 0.3 is 0 Å². The summed E-state index contributed by atoms with van der Waals surface area (Å²) in [5.74, 6) is 0.517. The van der Waals surface area contributed by atoms with Crippen molar-refractivity contribution in [1.29, 1.82) is 0 Å². The van der Waals surface area contributed by atoms with Gasteiger partial charge in [0.1, 0.15) is 5.75 Å². The smallest absolute Gasteiger partial charge is 0.257 e. The van der Waals surface area contributed by atoms with Gasteiger partial charge in [0.15, 0.2) is 0 Å². The summed E-state index contributed by atoms with van der Waals surface area (Å²) in [6.45, 7) is 3.87. The van der Waals surface area contributed by atoms with E-state index in [-0.39, 0.29) is 5.91 Å². The van der Waals surface area contributed by atoms with Gasteiger partial charge in [0.25, 0.3) is 5.91 Å². The molecular weight excluding hydrogens is 354 g/mol. The van der Waals surface area contributed by atoms with Crippen molar-refractivity contribution < 1.29 is 9.53 Å². The Balaban J connectivity index is 2.34. The lowest BCUT2D eigenvalue weighted by atomic mass is 10.1. The van der Waals surface area contributed by atoms with Crippen molar-refractivity contribution in [2.45, 2.75) is 13.8 Å². The summed E-state index contributed by atoms with van der Waals surface area (Å²) in [5, 5.41) is 3.27. The van der Waals surface area contributed by atoms with Crippen molar-refractivity contribution in [3.63, 3.8) is 0 Å². The summed E-state index contributed by atoms with van der Waals surface area (Å²) in [7, 11) is 1.62. The van der Waals surface area contributed by atoms with Crippen LogP contribution < -0.4 is 10.1 Å². The maximum Gasteiger partial charge on any atom is 0.257 e. The van der Waals surface area contributed by atoms with Gasteiger partial charge < -0.3 is 10.1 Å². The molecule has 0 fully saturated rings. The van der Waals surface area contributed by atoms with Gasteiger partial charge in [0.05, 0.1) is 17.7 Å². The number of hydrogen-bond donors (Lipinski definition) is 1. The van der Waals surface area contributed by atoms with E-state index < -0.39 is 0 Å². The second-order valence-corrected chi connectivity index (χ2v) is 5.88. The van der Waals surface area contributed by atoms with Gasteiger partial charge in [0, 0.05) is 15.7 Å². The van der Waals surface area contributed by atoms with Crippen LogP contribution in [0.2, 0.25) is 5.02 Å². The Morgan fingerprint density at radius 3 is 2.62 bits per heavy atom. The molecule has 2 rings (SSSR count). The van der Waals surface area contributed by atoms with E-state index in [1.807, 2.05) is 26.0 Å². The first-order valence-corrected chi connectivity index (χ1v) is 7.52. The van der Waals surface area contributed by atoms with E-state index in [2.05, 4.69) is 21.2 Å². The lowest BCUT2D eigenvalue weighted by molar-refractivity contribution is 0.102. The second-order valence-electron chi connectivity index (χ2n) is 4.64. The highest BCUT2D eigenvalue weighted by Crippen LogP contribution is 2.31. The van der Waals surface area contributed by atoms with Crippen molar-refractivity contribution >= 4 is 39.1 Å². The van der Waals surface area contributed by atoms with Crippen LogP contribution in [0.1, 0.15) is 21.5 Å². The summed E-state index contributed by atoms with van der Waals surface area (Å²) >= 11 is 9.46. The fourth-order valence-corrected chi connectivity index (χ4v) is 2.72. The molecule has 21 heavy (non-hydrogen) atoms. The minimum atomic E-state index is -0.254. The van der Waals surface area contributed by atoms with E-state index in [9.17, 15) is 4.79 Å². The van der Waals surface area contributed by atoms with Gasteiger partial charge in [-0.25, -0.2) is 0 Å². The molecule has 0 atom stereocenters. The second kappa shape index (κ2) is 6.50. The number of anilines is 1. The molecule has 0 radical (unpaired) electrons. The number of amides is 1. The summed E-state index contributed by atoms with van der Waals surface area (Å²) in [5.41, 5.74) is 3.04. The van der Waals surface area contributed by atoms with Crippen molar-refractivity contribution in [1.82, 2.24) is 0 Å². The Hall–Kier alpha value is -1.52. The number of carbonyl (C=O) groups excluding carboxylic acids is 1. The lowest BCUT2D eigenvalue weighted by Gasteiger charge is -2.14. The molecule has 0 bridgehead atoms. The maximum absolute atomic E-state index is 12.4. The summed E-state index contributed by atoms with van der Waals surface area (Å²) < 4.78 is 6.05. The fraction of sp³-hybridized carbons (Fsp3) is 0.188. The minimum absolute atomic E-state index is 0.254. The highest BCUT2D eigenvalue weighted by atomic mass is 79.9. The van der Waals surface area contributed by atoms with Gasteiger partial charge in [-0.1, -0.05) is 23.7 Å². The topological polar surface area (TPSA) is 38.3 Å². The molecule has 3 nitrogen and oxygen atoms in total. The van der Waals surface area contributed by atoms with Gasteiger partial charge in [-0.3, -0.25) is 4.79 Å². The molecule has 1 amide bonds. The van der Waals surface area contributed by atoms with Gasteiger partial charge in [-0.15, -0.1) is 0 Å². The van der Waals surface area contributed by atoms with E-state index in [1.54, 1.807) is 25.3 Å². The zero-order valence-electron chi connectivity index (χ0n) is 12.0. The third kappa shape index (κ3) is 3.22. The number of halogens is 2. The first-order chi connectivity index (χ1) is 9.95. The van der Waals surface area contributed by atoms with E-state index in [0.717, 1.165) is 16.9 Å². The predicted molar refractivity (Wildman–Crippen MR) is 89.6 cm³/mol. The number of benzene rings is 2. The molecular formula is C16H15BrClNO2. The Kier molecular flexibility index (Phi) is 4.91. The molecule has 0 unspecified atom stereocenters. The molecule has 0 aliphatic rings. The highest BCUT2D eigenvalue weighted by molar-refractivity contribution is 9.10. The molecule has 0 aliphatic carbocycles. The zero-order chi connectivity index (χ0) is 15.6. The Bertz CT molecular complexity index is 701. The predicted octanol–water partition coefficient (Wildman–Crippen LogP) is 4.98. The van der Waals surface area contributed by atoms with E-state index in [1.165, 1.54) is 0 Å². The number of methoxy groups -OCH3 is 1. The molecule has 2 aromatic carbocycles. The van der Waals surface area contributed by atoms with E-state index in [0.29, 0.717) is 20.7 Å². The molecule has 0 spiro atoms. The molecule has 110 valence electrons. The quantitative estimate of drug-likeness (QED) is 0.829. The van der Waals surface area contributed by atoms with Gasteiger partial charge in [0.2, 0.25) is 0 Å². The van der Waals surface area contributed by atoms with Crippen molar-refractivity contribution in [3.8, 4) is 5.75 Å². The minimum Gasteiger partial charge on any atom is -0.496 e. The first kappa shape index (κ1) is 15.9. The number of nitrogens with one attached hydrogen (secondary N) is 1. The van der Waals surface area contributed by atoms with Gasteiger partial charge in [-0.05, 0) is 53.5 Å². The van der Waals surface area contributed by atoms with Crippen LogP contribution in [-0.4, -0.2) is 13.0 Å². The molecule has 0 saturated carbocycles.